The van der Waals surface area contributed by atoms with Crippen LogP contribution in [0.4, 0.5) is 17.6 Å². The molecule has 0 aliphatic heterocycles. The van der Waals surface area contributed by atoms with Crippen LogP contribution in [0.3, 0.4) is 0 Å². The van der Waals surface area contributed by atoms with Crippen LogP contribution in [-0.2, 0) is 0 Å². The van der Waals surface area contributed by atoms with Crippen molar-refractivity contribution in [3.63, 3.8) is 0 Å². The van der Waals surface area contributed by atoms with Gasteiger partial charge in [0.05, 0.1) is 4.90 Å². The van der Waals surface area contributed by atoms with E-state index in [2.05, 4.69) is 20.9 Å². The molecule has 0 saturated heterocycles. The molecule has 1 aromatic heterocycles. The van der Waals surface area contributed by atoms with Gasteiger partial charge >= 0.3 is 0 Å². The van der Waals surface area contributed by atoms with E-state index >= 15 is 0 Å². The molecule has 0 bridgehead atoms. The number of halogens is 5. The van der Waals surface area contributed by atoms with Crippen molar-refractivity contribution in [2.45, 2.75) is 9.79 Å². The lowest BCUT2D eigenvalue weighted by Gasteiger charge is -2.05. The molecule has 0 saturated carbocycles. The van der Waals surface area contributed by atoms with Crippen molar-refractivity contribution >= 4 is 27.7 Å². The highest BCUT2D eigenvalue weighted by molar-refractivity contribution is 9.10. The fourth-order valence-corrected chi connectivity index (χ4v) is 2.30. The van der Waals surface area contributed by atoms with Gasteiger partial charge in [-0.25, -0.2) is 8.78 Å². The number of nitrogens with zero attached hydrogens (tertiary/aromatic N) is 1. The Bertz CT molecular complexity index is 562. The third kappa shape index (κ3) is 2.67. The maximum absolute atomic E-state index is 13.3. The third-order valence-corrected chi connectivity index (χ3v) is 3.59. The van der Waals surface area contributed by atoms with Crippen molar-refractivity contribution < 1.29 is 17.6 Å². The maximum atomic E-state index is 13.3. The van der Waals surface area contributed by atoms with Gasteiger partial charge in [-0.15, -0.1) is 0 Å². The molecular formula is C11H4BrF4NS. The van der Waals surface area contributed by atoms with E-state index in [0.717, 1.165) is 4.47 Å². The summed E-state index contributed by atoms with van der Waals surface area (Å²) >= 11 is 3.78. The predicted octanol–water partition coefficient (Wildman–Crippen LogP) is 4.55. The molecule has 2 rings (SSSR count). The molecular weight excluding hydrogens is 334 g/mol. The van der Waals surface area contributed by atoms with Gasteiger partial charge in [0.25, 0.3) is 11.9 Å². The van der Waals surface area contributed by atoms with Crippen LogP contribution in [0.5, 0.6) is 0 Å². The van der Waals surface area contributed by atoms with Gasteiger partial charge in [-0.1, -0.05) is 27.7 Å². The summed E-state index contributed by atoms with van der Waals surface area (Å²) in [6.07, 6.45) is 0. The van der Waals surface area contributed by atoms with Crippen molar-refractivity contribution in [1.82, 2.24) is 4.98 Å². The minimum atomic E-state index is -1.66. The highest BCUT2D eigenvalue weighted by Gasteiger charge is 2.21. The zero-order chi connectivity index (χ0) is 13.3. The highest BCUT2D eigenvalue weighted by Crippen LogP contribution is 2.33. The lowest BCUT2D eigenvalue weighted by atomic mass is 10.4. The van der Waals surface area contributed by atoms with Crippen LogP contribution in [0.1, 0.15) is 0 Å². The van der Waals surface area contributed by atoms with Crippen molar-refractivity contribution in [1.29, 1.82) is 0 Å². The summed E-state index contributed by atoms with van der Waals surface area (Å²) in [5.74, 6) is -6.31. The van der Waals surface area contributed by atoms with Crippen molar-refractivity contribution in [2.75, 3.05) is 0 Å². The quantitative estimate of drug-likeness (QED) is 0.589. The molecule has 0 atom stereocenters. The molecule has 94 valence electrons. The van der Waals surface area contributed by atoms with Crippen LogP contribution < -0.4 is 0 Å². The Kier molecular flexibility index (Phi) is 3.91. The molecule has 0 unspecified atom stereocenters. The van der Waals surface area contributed by atoms with Crippen molar-refractivity contribution in [3.05, 3.63) is 52.3 Å². The first-order valence-electron chi connectivity index (χ1n) is 4.62. The Morgan fingerprint density at radius 3 is 1.89 bits per heavy atom. The summed E-state index contributed by atoms with van der Waals surface area (Å²) in [6.45, 7) is 0. The molecule has 2 aromatic rings. The molecule has 1 aromatic carbocycles. The SMILES string of the molecule is Fc1nc(F)c(F)c(Sc2ccc(Br)cc2)c1F. The average molecular weight is 338 g/mol. The number of rotatable bonds is 2. The number of aromatic nitrogens is 1. The second kappa shape index (κ2) is 5.27. The van der Waals surface area contributed by atoms with Gasteiger partial charge in [0, 0.05) is 9.37 Å². The summed E-state index contributed by atoms with van der Waals surface area (Å²) in [5, 5.41) is 0. The Hall–Kier alpha value is -1.08. The average Bonchev–Trinajstić information content (AvgIpc) is 2.34. The minimum Gasteiger partial charge on any atom is -0.201 e. The first-order valence-corrected chi connectivity index (χ1v) is 6.23. The third-order valence-electron chi connectivity index (χ3n) is 1.99. The van der Waals surface area contributed by atoms with Gasteiger partial charge in [-0.2, -0.15) is 13.8 Å². The Morgan fingerprint density at radius 2 is 1.39 bits per heavy atom. The van der Waals surface area contributed by atoms with E-state index in [1.165, 1.54) is 0 Å². The molecule has 18 heavy (non-hydrogen) atoms. The Morgan fingerprint density at radius 1 is 0.889 bits per heavy atom. The number of hydrogen-bond donors (Lipinski definition) is 0. The Labute approximate surface area is 112 Å². The first kappa shape index (κ1) is 13.4. The largest absolute Gasteiger partial charge is 0.252 e. The van der Waals surface area contributed by atoms with Gasteiger partial charge in [0.1, 0.15) is 0 Å². The summed E-state index contributed by atoms with van der Waals surface area (Å²) in [7, 11) is 0. The number of hydrogen-bond acceptors (Lipinski definition) is 2. The number of benzene rings is 1. The van der Waals surface area contributed by atoms with Gasteiger partial charge in [0.2, 0.25) is 0 Å². The van der Waals surface area contributed by atoms with Gasteiger partial charge in [-0.3, -0.25) is 0 Å². The predicted molar refractivity (Wildman–Crippen MR) is 62.3 cm³/mol. The van der Waals surface area contributed by atoms with Crippen LogP contribution >= 0.6 is 27.7 Å². The van der Waals surface area contributed by atoms with Crippen LogP contribution in [0.2, 0.25) is 0 Å². The lowest BCUT2D eigenvalue weighted by molar-refractivity contribution is 0.383. The van der Waals surface area contributed by atoms with E-state index in [1.54, 1.807) is 24.3 Å². The topological polar surface area (TPSA) is 12.9 Å². The van der Waals surface area contributed by atoms with Crippen LogP contribution in [-0.4, -0.2) is 4.98 Å². The summed E-state index contributed by atoms with van der Waals surface area (Å²) in [6, 6.07) is 6.41. The fourth-order valence-electron chi connectivity index (χ4n) is 1.18. The van der Waals surface area contributed by atoms with Crippen molar-refractivity contribution in [3.8, 4) is 0 Å². The monoisotopic (exact) mass is 337 g/mol. The van der Waals surface area contributed by atoms with E-state index in [9.17, 15) is 17.6 Å². The molecule has 0 spiro atoms. The molecule has 0 radical (unpaired) electrons. The molecule has 7 heteroatoms. The lowest BCUT2D eigenvalue weighted by Crippen LogP contribution is -2.01. The van der Waals surface area contributed by atoms with Crippen LogP contribution in [0.25, 0.3) is 0 Å². The van der Waals surface area contributed by atoms with E-state index < -0.39 is 28.4 Å². The van der Waals surface area contributed by atoms with Crippen LogP contribution in [0, 0.1) is 23.5 Å². The normalized spacial score (nSPS) is 10.7. The van der Waals surface area contributed by atoms with E-state index in [0.29, 0.717) is 16.7 Å². The molecule has 0 fully saturated rings. The second-order valence-electron chi connectivity index (χ2n) is 3.21. The van der Waals surface area contributed by atoms with E-state index in [4.69, 9.17) is 0 Å². The summed E-state index contributed by atoms with van der Waals surface area (Å²) in [4.78, 5) is 2.18. The Balaban J connectivity index is 2.42. The number of pyridine rings is 1. The standard InChI is InChI=1S/C11H4BrF4NS/c12-5-1-3-6(4-2-5)18-9-7(13)10(15)17-11(16)8(9)14/h1-4H. The molecule has 1 nitrogen and oxygen atoms in total. The summed E-state index contributed by atoms with van der Waals surface area (Å²) < 4.78 is 53.2. The van der Waals surface area contributed by atoms with Crippen molar-refractivity contribution in [2.24, 2.45) is 0 Å². The fraction of sp³-hybridized carbons (Fsp3) is 0. The molecule has 0 N–H and O–H groups in total. The molecule has 1 heterocycles. The van der Waals surface area contributed by atoms with E-state index in [1.807, 2.05) is 0 Å². The second-order valence-corrected chi connectivity index (χ2v) is 5.21. The van der Waals surface area contributed by atoms with Gasteiger partial charge in [0.15, 0.2) is 11.6 Å². The van der Waals surface area contributed by atoms with Gasteiger partial charge in [-0.05, 0) is 24.3 Å². The zero-order valence-electron chi connectivity index (χ0n) is 8.55. The smallest absolute Gasteiger partial charge is 0.201 e. The first-order chi connectivity index (χ1) is 8.49. The van der Waals surface area contributed by atoms with Crippen LogP contribution in [0.15, 0.2) is 38.5 Å². The van der Waals surface area contributed by atoms with Gasteiger partial charge < -0.3 is 0 Å². The highest BCUT2D eigenvalue weighted by atomic mass is 79.9. The van der Waals surface area contributed by atoms with E-state index in [-0.39, 0.29) is 0 Å². The molecule has 0 aliphatic carbocycles. The minimum absolute atomic E-state index is 0.445. The molecule has 0 amide bonds. The maximum Gasteiger partial charge on any atom is 0.252 e. The zero-order valence-corrected chi connectivity index (χ0v) is 11.0. The molecule has 0 aliphatic rings. The summed E-state index contributed by atoms with van der Waals surface area (Å²) in [5.41, 5.74) is 0.